The molecule has 0 amide bonds. The van der Waals surface area contributed by atoms with E-state index in [1.165, 1.54) is 0 Å². The van der Waals surface area contributed by atoms with Crippen molar-refractivity contribution in [2.24, 2.45) is 0 Å². The average Bonchev–Trinajstić information content (AvgIpc) is 2.17. The zero-order chi connectivity index (χ0) is 12.5. The second-order valence-electron chi connectivity index (χ2n) is 3.39. The zero-order valence-corrected chi connectivity index (χ0v) is 8.94. The zero-order valence-electron chi connectivity index (χ0n) is 8.04. The largest absolute Gasteiger partial charge is 0.470 e. The number of hydrogen-bond donors (Lipinski definition) is 6. The normalized spacial score (nSPS) is 36.0. The third-order valence-electron chi connectivity index (χ3n) is 2.21. The first kappa shape index (κ1) is 13.8. The Balaban J connectivity index is 2.92. The highest BCUT2D eigenvalue weighted by Crippen LogP contribution is 2.40. The number of rotatable bonds is 3. The Hall–Kier alpha value is -0.310. The summed E-state index contributed by atoms with van der Waals surface area (Å²) in [5.74, 6) is 0. The van der Waals surface area contributed by atoms with E-state index < -0.39 is 38.8 Å². The van der Waals surface area contributed by atoms with Crippen molar-refractivity contribution in [2.75, 3.05) is 6.61 Å². The van der Waals surface area contributed by atoms with E-state index in [-0.39, 0.29) is 5.57 Å². The van der Waals surface area contributed by atoms with Crippen molar-refractivity contribution >= 4 is 7.82 Å². The molecule has 94 valence electrons. The predicted octanol–water partition coefficient (Wildman–Crippen LogP) is -2.52. The van der Waals surface area contributed by atoms with Crippen molar-refractivity contribution < 1.29 is 39.3 Å². The molecule has 8 nitrogen and oxygen atoms in total. The first-order valence-electron chi connectivity index (χ1n) is 4.36. The van der Waals surface area contributed by atoms with Crippen molar-refractivity contribution in [3.05, 3.63) is 11.6 Å². The Morgan fingerprint density at radius 2 is 1.81 bits per heavy atom. The van der Waals surface area contributed by atoms with Gasteiger partial charge in [0.25, 0.3) is 0 Å². The second kappa shape index (κ2) is 4.91. The van der Waals surface area contributed by atoms with Gasteiger partial charge in [-0.1, -0.05) is 0 Å². The fraction of sp³-hybridized carbons (Fsp3) is 0.714. The Morgan fingerprint density at radius 3 is 2.25 bits per heavy atom. The predicted molar refractivity (Wildman–Crippen MR) is 50.1 cm³/mol. The summed E-state index contributed by atoms with van der Waals surface area (Å²) in [5.41, 5.74) is -0.0729. The van der Waals surface area contributed by atoms with E-state index in [9.17, 15) is 19.9 Å². The summed E-state index contributed by atoms with van der Waals surface area (Å²) in [6.45, 7) is -0.619. The highest BCUT2D eigenvalue weighted by Gasteiger charge is 2.40. The van der Waals surface area contributed by atoms with E-state index in [1.54, 1.807) is 0 Å². The highest BCUT2D eigenvalue weighted by atomic mass is 31.2. The first-order chi connectivity index (χ1) is 7.26. The van der Waals surface area contributed by atoms with E-state index in [2.05, 4.69) is 4.52 Å². The van der Waals surface area contributed by atoms with Crippen molar-refractivity contribution in [2.45, 2.75) is 24.4 Å². The molecule has 1 aliphatic rings. The first-order valence-corrected chi connectivity index (χ1v) is 5.89. The summed E-state index contributed by atoms with van der Waals surface area (Å²) < 4.78 is 14.8. The van der Waals surface area contributed by atoms with Gasteiger partial charge in [0.15, 0.2) is 0 Å². The third kappa shape index (κ3) is 3.09. The molecule has 9 heteroatoms. The highest BCUT2D eigenvalue weighted by molar-refractivity contribution is 7.46. The quantitative estimate of drug-likeness (QED) is 0.239. The maximum absolute atomic E-state index is 10.6. The summed E-state index contributed by atoms with van der Waals surface area (Å²) >= 11 is 0. The van der Waals surface area contributed by atoms with E-state index in [4.69, 9.17) is 14.9 Å². The Bertz CT molecular complexity index is 322. The van der Waals surface area contributed by atoms with Crippen molar-refractivity contribution in [1.29, 1.82) is 0 Å². The molecule has 0 saturated heterocycles. The van der Waals surface area contributed by atoms with Gasteiger partial charge in [-0.05, 0) is 11.6 Å². The molecule has 0 heterocycles. The molecule has 0 unspecified atom stereocenters. The molecule has 6 N–H and O–H groups in total. The molecule has 0 aromatic heterocycles. The lowest BCUT2D eigenvalue weighted by Crippen LogP contribution is -2.49. The maximum Gasteiger partial charge on any atom is 0.470 e. The molecule has 0 saturated carbocycles. The van der Waals surface area contributed by atoms with Crippen LogP contribution in [0.1, 0.15) is 0 Å². The minimum Gasteiger partial charge on any atom is -0.392 e. The number of phosphoric ester groups is 1. The number of phosphoric acid groups is 1. The smallest absolute Gasteiger partial charge is 0.392 e. The fourth-order valence-corrected chi connectivity index (χ4v) is 1.91. The van der Waals surface area contributed by atoms with Crippen LogP contribution >= 0.6 is 7.82 Å². The van der Waals surface area contributed by atoms with Crippen molar-refractivity contribution in [3.63, 3.8) is 0 Å². The van der Waals surface area contributed by atoms with E-state index >= 15 is 0 Å². The summed E-state index contributed by atoms with van der Waals surface area (Å²) in [6, 6.07) is 0. The summed E-state index contributed by atoms with van der Waals surface area (Å²) in [5, 5.41) is 36.9. The minimum atomic E-state index is -4.83. The monoisotopic (exact) mass is 256 g/mol. The molecule has 1 rings (SSSR count). The summed E-state index contributed by atoms with van der Waals surface area (Å²) in [7, 11) is -4.83. The van der Waals surface area contributed by atoms with Crippen LogP contribution in [0.3, 0.4) is 0 Å². The van der Waals surface area contributed by atoms with E-state index in [1.807, 2.05) is 0 Å². The molecule has 0 aliphatic heterocycles. The second-order valence-corrected chi connectivity index (χ2v) is 4.58. The van der Waals surface area contributed by atoms with Gasteiger partial charge in [0.05, 0.1) is 6.61 Å². The fourth-order valence-electron chi connectivity index (χ4n) is 1.41. The van der Waals surface area contributed by atoms with Crippen molar-refractivity contribution in [3.8, 4) is 0 Å². The molecular weight excluding hydrogens is 243 g/mol. The summed E-state index contributed by atoms with van der Waals surface area (Å²) in [6.07, 6.45) is -5.36. The minimum absolute atomic E-state index is 0.0729. The van der Waals surface area contributed by atoms with Gasteiger partial charge >= 0.3 is 7.82 Å². The Kier molecular flexibility index (Phi) is 4.22. The SMILES string of the molecule is O=P(O)(O)O[C@@H]1C=C(CO)[C@@H](O)[C@H](O)[C@H]1O. The third-order valence-corrected chi connectivity index (χ3v) is 2.73. The number of aliphatic hydroxyl groups excluding tert-OH is 4. The maximum atomic E-state index is 10.6. The lowest BCUT2D eigenvalue weighted by atomic mass is 9.90. The van der Waals surface area contributed by atoms with Crippen LogP contribution in [0.4, 0.5) is 0 Å². The lowest BCUT2D eigenvalue weighted by Gasteiger charge is -2.33. The molecule has 0 fully saturated rings. The molecular formula is C7H13O8P. The van der Waals surface area contributed by atoms with Crippen LogP contribution in [0, 0.1) is 0 Å². The lowest BCUT2D eigenvalue weighted by molar-refractivity contribution is -0.0928. The molecule has 0 spiro atoms. The van der Waals surface area contributed by atoms with Gasteiger partial charge in [0.2, 0.25) is 0 Å². The van der Waals surface area contributed by atoms with Gasteiger partial charge in [-0.3, -0.25) is 4.52 Å². The van der Waals surface area contributed by atoms with Gasteiger partial charge in [0, 0.05) is 0 Å². The van der Waals surface area contributed by atoms with Crippen LogP contribution in [0.2, 0.25) is 0 Å². The van der Waals surface area contributed by atoms with Gasteiger partial charge in [-0.15, -0.1) is 0 Å². The van der Waals surface area contributed by atoms with Crippen LogP contribution < -0.4 is 0 Å². The number of hydrogen-bond acceptors (Lipinski definition) is 6. The molecule has 0 radical (unpaired) electrons. The molecule has 0 bridgehead atoms. The Morgan fingerprint density at radius 1 is 1.25 bits per heavy atom. The Labute approximate surface area is 90.7 Å². The molecule has 0 aromatic rings. The van der Waals surface area contributed by atoms with Crippen LogP contribution in [-0.4, -0.2) is 61.2 Å². The van der Waals surface area contributed by atoms with Crippen LogP contribution in [0.15, 0.2) is 11.6 Å². The van der Waals surface area contributed by atoms with Crippen LogP contribution in [0.25, 0.3) is 0 Å². The van der Waals surface area contributed by atoms with Gasteiger partial charge in [0.1, 0.15) is 24.4 Å². The molecule has 4 atom stereocenters. The molecule has 1 aliphatic carbocycles. The standard InChI is InChI=1S/C7H13O8P/c8-2-3-1-4(15-16(12,13)14)6(10)7(11)5(3)9/h1,4-11H,2H2,(H2,12,13,14)/t4-,5-,6+,7+/m1/s1. The molecule has 16 heavy (non-hydrogen) atoms. The van der Waals surface area contributed by atoms with Crippen LogP contribution in [-0.2, 0) is 9.09 Å². The van der Waals surface area contributed by atoms with Gasteiger partial charge in [-0.25, -0.2) is 4.57 Å². The van der Waals surface area contributed by atoms with Crippen molar-refractivity contribution in [1.82, 2.24) is 0 Å². The van der Waals surface area contributed by atoms with Gasteiger partial charge in [-0.2, -0.15) is 0 Å². The molecule has 0 aromatic carbocycles. The summed E-state index contributed by atoms with van der Waals surface area (Å²) in [4.78, 5) is 17.1. The van der Waals surface area contributed by atoms with Gasteiger partial charge < -0.3 is 30.2 Å². The van der Waals surface area contributed by atoms with E-state index in [0.717, 1.165) is 6.08 Å². The average molecular weight is 256 g/mol. The topological polar surface area (TPSA) is 148 Å². The van der Waals surface area contributed by atoms with Crippen LogP contribution in [0.5, 0.6) is 0 Å². The van der Waals surface area contributed by atoms with E-state index in [0.29, 0.717) is 0 Å². The number of aliphatic hydroxyl groups is 4.